The molecular weight excluding hydrogens is 296 g/mol. The number of rotatable bonds is 5. The number of piperidine rings is 1. The Balaban J connectivity index is 1.86. The molecule has 0 aromatic rings. The highest BCUT2D eigenvalue weighted by atomic mass is 16.4. The molecule has 130 valence electrons. The summed E-state index contributed by atoms with van der Waals surface area (Å²) in [5, 5.41) is 12.2. The molecular formula is C17H28N2O4. The van der Waals surface area contributed by atoms with Crippen molar-refractivity contribution < 1.29 is 19.5 Å². The van der Waals surface area contributed by atoms with Crippen LogP contribution in [0.2, 0.25) is 0 Å². The topological polar surface area (TPSA) is 86.7 Å². The molecule has 2 aliphatic rings. The van der Waals surface area contributed by atoms with E-state index in [4.69, 9.17) is 0 Å². The van der Waals surface area contributed by atoms with E-state index in [0.717, 1.165) is 32.1 Å². The van der Waals surface area contributed by atoms with E-state index in [-0.39, 0.29) is 30.2 Å². The Bertz CT molecular complexity index is 460. The Kier molecular flexibility index (Phi) is 6.02. The number of nitrogens with zero attached hydrogens (tertiary/aromatic N) is 1. The van der Waals surface area contributed by atoms with Gasteiger partial charge in [0, 0.05) is 24.9 Å². The number of nitrogens with one attached hydrogen (secondary N) is 1. The molecule has 0 aromatic carbocycles. The Hall–Kier alpha value is -1.59. The van der Waals surface area contributed by atoms with Crippen molar-refractivity contribution in [3.63, 3.8) is 0 Å². The summed E-state index contributed by atoms with van der Waals surface area (Å²) in [5.74, 6) is -0.685. The highest BCUT2D eigenvalue weighted by Crippen LogP contribution is 2.25. The standard InChI is InChI=1S/C17H28N2O4/c1-11-7-8-19(14(9-11)17(22)23)15(20)10-12(2)18-16(21)13-5-3-4-6-13/h11-14H,3-10H2,1-2H3,(H,18,21)(H,22,23). The third-order valence-corrected chi connectivity index (χ3v) is 5.07. The van der Waals surface area contributed by atoms with Crippen molar-refractivity contribution in [2.24, 2.45) is 11.8 Å². The number of carboxylic acids is 1. The molecule has 2 amide bonds. The lowest BCUT2D eigenvalue weighted by atomic mass is 9.92. The van der Waals surface area contributed by atoms with Gasteiger partial charge >= 0.3 is 5.97 Å². The van der Waals surface area contributed by atoms with Gasteiger partial charge in [0.15, 0.2) is 0 Å². The van der Waals surface area contributed by atoms with E-state index in [1.54, 1.807) is 0 Å². The van der Waals surface area contributed by atoms with E-state index in [0.29, 0.717) is 18.9 Å². The minimum atomic E-state index is -0.937. The van der Waals surface area contributed by atoms with Gasteiger partial charge in [0.05, 0.1) is 0 Å². The summed E-state index contributed by atoms with van der Waals surface area (Å²) in [5.41, 5.74) is 0. The maximum absolute atomic E-state index is 12.4. The number of aliphatic carboxylic acids is 1. The van der Waals surface area contributed by atoms with Crippen molar-refractivity contribution in [3.8, 4) is 0 Å². The van der Waals surface area contributed by atoms with E-state index >= 15 is 0 Å². The molecule has 1 saturated heterocycles. The van der Waals surface area contributed by atoms with Gasteiger partial charge in [-0.15, -0.1) is 0 Å². The zero-order chi connectivity index (χ0) is 17.0. The average molecular weight is 324 g/mol. The highest BCUT2D eigenvalue weighted by molar-refractivity contribution is 5.85. The summed E-state index contributed by atoms with van der Waals surface area (Å²) >= 11 is 0. The lowest BCUT2D eigenvalue weighted by Crippen LogP contribution is -2.51. The van der Waals surface area contributed by atoms with Gasteiger partial charge in [0.2, 0.25) is 11.8 Å². The SMILES string of the molecule is CC1CCN(C(=O)CC(C)NC(=O)C2CCCC2)C(C(=O)O)C1. The van der Waals surface area contributed by atoms with Gasteiger partial charge in [-0.1, -0.05) is 19.8 Å². The number of likely N-dealkylation sites (tertiary alicyclic amines) is 1. The van der Waals surface area contributed by atoms with E-state index in [9.17, 15) is 19.5 Å². The summed E-state index contributed by atoms with van der Waals surface area (Å²) in [7, 11) is 0. The predicted molar refractivity (Wildman–Crippen MR) is 85.7 cm³/mol. The number of amides is 2. The quantitative estimate of drug-likeness (QED) is 0.807. The summed E-state index contributed by atoms with van der Waals surface area (Å²) in [6.45, 7) is 4.32. The van der Waals surface area contributed by atoms with Crippen LogP contribution in [0.1, 0.15) is 58.8 Å². The normalized spacial score (nSPS) is 26.8. The Labute approximate surface area is 137 Å². The molecule has 6 heteroatoms. The molecule has 2 rings (SSSR count). The molecule has 1 heterocycles. The molecule has 0 bridgehead atoms. The van der Waals surface area contributed by atoms with Crippen LogP contribution in [0.3, 0.4) is 0 Å². The highest BCUT2D eigenvalue weighted by Gasteiger charge is 2.35. The van der Waals surface area contributed by atoms with Gasteiger partial charge < -0.3 is 15.3 Å². The fourth-order valence-electron chi connectivity index (χ4n) is 3.65. The van der Waals surface area contributed by atoms with Crippen molar-refractivity contribution in [1.82, 2.24) is 10.2 Å². The fraction of sp³-hybridized carbons (Fsp3) is 0.824. The molecule has 1 saturated carbocycles. The first kappa shape index (κ1) is 17.8. The number of hydrogen-bond donors (Lipinski definition) is 2. The van der Waals surface area contributed by atoms with Crippen LogP contribution in [0.4, 0.5) is 0 Å². The van der Waals surface area contributed by atoms with Crippen LogP contribution in [0.25, 0.3) is 0 Å². The van der Waals surface area contributed by atoms with Gasteiger partial charge in [-0.05, 0) is 38.5 Å². The summed E-state index contributed by atoms with van der Waals surface area (Å²) < 4.78 is 0. The zero-order valence-electron chi connectivity index (χ0n) is 14.1. The monoisotopic (exact) mass is 324 g/mol. The first-order valence-corrected chi connectivity index (χ1v) is 8.71. The molecule has 23 heavy (non-hydrogen) atoms. The van der Waals surface area contributed by atoms with Gasteiger partial charge in [-0.2, -0.15) is 0 Å². The second kappa shape index (κ2) is 7.79. The van der Waals surface area contributed by atoms with Crippen molar-refractivity contribution in [3.05, 3.63) is 0 Å². The molecule has 2 fully saturated rings. The molecule has 1 aliphatic carbocycles. The number of hydrogen-bond acceptors (Lipinski definition) is 3. The van der Waals surface area contributed by atoms with Crippen molar-refractivity contribution in [1.29, 1.82) is 0 Å². The molecule has 1 aliphatic heterocycles. The third-order valence-electron chi connectivity index (χ3n) is 5.07. The molecule has 2 N–H and O–H groups in total. The maximum atomic E-state index is 12.4. The number of carbonyl (C=O) groups is 3. The Morgan fingerprint density at radius 2 is 1.87 bits per heavy atom. The Morgan fingerprint density at radius 1 is 1.22 bits per heavy atom. The minimum absolute atomic E-state index is 0.0323. The van der Waals surface area contributed by atoms with Crippen LogP contribution < -0.4 is 5.32 Å². The molecule has 0 spiro atoms. The minimum Gasteiger partial charge on any atom is -0.480 e. The Morgan fingerprint density at radius 3 is 2.48 bits per heavy atom. The van der Waals surface area contributed by atoms with Gasteiger partial charge in [0.25, 0.3) is 0 Å². The van der Waals surface area contributed by atoms with Crippen LogP contribution in [0, 0.1) is 11.8 Å². The zero-order valence-corrected chi connectivity index (χ0v) is 14.1. The van der Waals surface area contributed by atoms with Crippen LogP contribution in [0.5, 0.6) is 0 Å². The van der Waals surface area contributed by atoms with Gasteiger partial charge in [-0.3, -0.25) is 9.59 Å². The van der Waals surface area contributed by atoms with Gasteiger partial charge in [-0.25, -0.2) is 4.79 Å². The summed E-state index contributed by atoms with van der Waals surface area (Å²) in [4.78, 5) is 37.4. The van der Waals surface area contributed by atoms with Crippen LogP contribution in [-0.4, -0.2) is 46.4 Å². The molecule has 3 atom stereocenters. The summed E-state index contributed by atoms with van der Waals surface area (Å²) in [6.07, 6.45) is 5.54. The van der Waals surface area contributed by atoms with E-state index < -0.39 is 12.0 Å². The lowest BCUT2D eigenvalue weighted by molar-refractivity contribution is -0.153. The third kappa shape index (κ3) is 4.69. The first-order chi connectivity index (χ1) is 10.9. The van der Waals surface area contributed by atoms with Crippen molar-refractivity contribution in [2.45, 2.75) is 70.9 Å². The molecule has 0 radical (unpaired) electrons. The van der Waals surface area contributed by atoms with E-state index in [1.165, 1.54) is 4.90 Å². The van der Waals surface area contributed by atoms with E-state index in [2.05, 4.69) is 5.32 Å². The number of carboxylic acid groups (broad SMARTS) is 1. The second-order valence-corrected chi connectivity index (χ2v) is 7.17. The van der Waals surface area contributed by atoms with Crippen LogP contribution in [-0.2, 0) is 14.4 Å². The smallest absolute Gasteiger partial charge is 0.326 e. The summed E-state index contributed by atoms with van der Waals surface area (Å²) in [6, 6.07) is -0.992. The second-order valence-electron chi connectivity index (χ2n) is 7.17. The maximum Gasteiger partial charge on any atom is 0.326 e. The molecule has 6 nitrogen and oxygen atoms in total. The van der Waals surface area contributed by atoms with Crippen molar-refractivity contribution in [2.75, 3.05) is 6.54 Å². The average Bonchev–Trinajstić information content (AvgIpc) is 3.00. The first-order valence-electron chi connectivity index (χ1n) is 8.71. The number of carbonyl (C=O) groups excluding carboxylic acids is 2. The molecule has 3 unspecified atom stereocenters. The largest absolute Gasteiger partial charge is 0.480 e. The van der Waals surface area contributed by atoms with E-state index in [1.807, 2.05) is 13.8 Å². The van der Waals surface area contributed by atoms with Crippen LogP contribution in [0.15, 0.2) is 0 Å². The fourth-order valence-corrected chi connectivity index (χ4v) is 3.65. The van der Waals surface area contributed by atoms with Crippen molar-refractivity contribution >= 4 is 17.8 Å². The van der Waals surface area contributed by atoms with Gasteiger partial charge in [0.1, 0.15) is 6.04 Å². The lowest BCUT2D eigenvalue weighted by Gasteiger charge is -2.36. The van der Waals surface area contributed by atoms with Crippen LogP contribution >= 0.6 is 0 Å². The predicted octanol–water partition coefficient (Wildman–Crippen LogP) is 1.78. The molecule has 0 aromatic heterocycles.